The van der Waals surface area contributed by atoms with Crippen molar-refractivity contribution in [2.45, 2.75) is 13.8 Å². The minimum absolute atomic E-state index is 0.102. The fourth-order valence-electron chi connectivity index (χ4n) is 3.81. The Bertz CT molecular complexity index is 1130. The Morgan fingerprint density at radius 1 is 1.21 bits per heavy atom. The highest BCUT2D eigenvalue weighted by molar-refractivity contribution is 6.36. The molecule has 7 heteroatoms. The number of imidazole rings is 1. The number of benzene rings is 1. The first kappa shape index (κ1) is 16.6. The first-order valence-electron chi connectivity index (χ1n) is 9.15. The van der Waals surface area contributed by atoms with Gasteiger partial charge >= 0.3 is 0 Å². The molecule has 0 saturated carbocycles. The second kappa shape index (κ2) is 6.23. The zero-order valence-corrected chi connectivity index (χ0v) is 15.6. The van der Waals surface area contributed by atoms with E-state index in [1.54, 1.807) is 12.5 Å². The number of anilines is 2. The van der Waals surface area contributed by atoms with E-state index in [4.69, 9.17) is 4.74 Å². The molecule has 0 saturated heterocycles. The molecule has 0 radical (unpaired) electrons. The molecule has 7 nitrogen and oxygen atoms in total. The number of H-pyrrole nitrogens is 1. The van der Waals surface area contributed by atoms with Crippen LogP contribution in [0.15, 0.2) is 36.9 Å². The van der Waals surface area contributed by atoms with E-state index in [-0.39, 0.29) is 5.91 Å². The van der Waals surface area contributed by atoms with Crippen molar-refractivity contribution in [2.24, 2.45) is 0 Å². The molecule has 0 spiro atoms. The number of nitrogens with one attached hydrogen (secondary N) is 3. The Labute approximate surface area is 161 Å². The number of nitrogens with zero attached hydrogens (tertiary/aromatic N) is 2. The maximum Gasteiger partial charge on any atom is 0.256 e. The average Bonchev–Trinajstić information content (AvgIpc) is 3.35. The minimum Gasteiger partial charge on any atom is -0.474 e. The predicted octanol–water partition coefficient (Wildman–Crippen LogP) is 3.47. The summed E-state index contributed by atoms with van der Waals surface area (Å²) >= 11 is 0. The third-order valence-corrected chi connectivity index (χ3v) is 5.30. The number of allylic oxidation sites excluding steroid dienone is 1. The highest BCUT2D eigenvalue weighted by atomic mass is 16.5. The van der Waals surface area contributed by atoms with E-state index in [0.29, 0.717) is 18.1 Å². The van der Waals surface area contributed by atoms with Crippen molar-refractivity contribution >= 4 is 28.4 Å². The topological polar surface area (TPSA) is 91.9 Å². The lowest BCUT2D eigenvalue weighted by Gasteiger charge is -2.21. The van der Waals surface area contributed by atoms with E-state index < -0.39 is 0 Å². The number of aromatic amines is 1. The average molecular weight is 373 g/mol. The molecule has 3 N–H and O–H groups in total. The summed E-state index contributed by atoms with van der Waals surface area (Å²) in [7, 11) is 0. The third-order valence-electron chi connectivity index (χ3n) is 5.30. The van der Waals surface area contributed by atoms with Crippen molar-refractivity contribution in [3.05, 3.63) is 53.7 Å². The molecule has 4 heterocycles. The molecular weight excluding hydrogens is 354 g/mol. The lowest BCUT2D eigenvalue weighted by molar-refractivity contribution is -0.110. The second-order valence-electron chi connectivity index (χ2n) is 6.93. The second-order valence-corrected chi connectivity index (χ2v) is 6.93. The zero-order chi connectivity index (χ0) is 19.3. The Hall–Kier alpha value is -3.61. The van der Waals surface area contributed by atoms with Crippen LogP contribution in [0.4, 0.5) is 11.4 Å². The van der Waals surface area contributed by atoms with Gasteiger partial charge in [-0.05, 0) is 42.7 Å². The van der Waals surface area contributed by atoms with Crippen LogP contribution in [0, 0.1) is 6.92 Å². The summed E-state index contributed by atoms with van der Waals surface area (Å²) in [5.41, 5.74) is 8.08. The van der Waals surface area contributed by atoms with Gasteiger partial charge in [-0.25, -0.2) is 9.97 Å². The summed E-state index contributed by atoms with van der Waals surface area (Å²) in [5, 5.41) is 6.33. The monoisotopic (exact) mass is 373 g/mol. The molecule has 0 aliphatic carbocycles. The Morgan fingerprint density at radius 2 is 2.11 bits per heavy atom. The highest BCUT2D eigenvalue weighted by Gasteiger charge is 2.28. The summed E-state index contributed by atoms with van der Waals surface area (Å²) in [5.74, 6) is 0.538. The van der Waals surface area contributed by atoms with Crippen LogP contribution < -0.4 is 15.4 Å². The van der Waals surface area contributed by atoms with Gasteiger partial charge in [-0.15, -0.1) is 0 Å². The first-order chi connectivity index (χ1) is 13.6. The van der Waals surface area contributed by atoms with Crippen LogP contribution >= 0.6 is 0 Å². The van der Waals surface area contributed by atoms with Crippen molar-refractivity contribution in [1.82, 2.24) is 15.0 Å². The predicted molar refractivity (Wildman–Crippen MR) is 108 cm³/mol. The van der Waals surface area contributed by atoms with Gasteiger partial charge in [0, 0.05) is 29.6 Å². The Morgan fingerprint density at radius 3 is 2.93 bits per heavy atom. The van der Waals surface area contributed by atoms with Crippen molar-refractivity contribution in [3.8, 4) is 17.0 Å². The standard InChI is InChI=1S/C21H19N5O2/c1-11-15(8-24-21-19(11)23-5-6-28-21)13-3-4-16-14(7-13)18(20(27)26-16)12(2)17-9-22-10-25-17/h3-4,7-10,23H,5-6H2,1-2H3,(H,22,25)(H,26,27)/b18-12-. The number of amides is 1. The fourth-order valence-corrected chi connectivity index (χ4v) is 3.81. The molecule has 2 aliphatic heterocycles. The normalized spacial score (nSPS) is 16.6. The first-order valence-corrected chi connectivity index (χ1v) is 9.15. The van der Waals surface area contributed by atoms with Crippen molar-refractivity contribution < 1.29 is 9.53 Å². The quantitative estimate of drug-likeness (QED) is 0.598. The number of carbonyl (C=O) groups is 1. The van der Waals surface area contributed by atoms with E-state index >= 15 is 0 Å². The van der Waals surface area contributed by atoms with E-state index in [0.717, 1.165) is 51.4 Å². The molecule has 2 aliphatic rings. The van der Waals surface area contributed by atoms with Gasteiger partial charge in [-0.1, -0.05) is 6.07 Å². The molecule has 28 heavy (non-hydrogen) atoms. The maximum absolute atomic E-state index is 12.6. The summed E-state index contributed by atoms with van der Waals surface area (Å²) in [6.45, 7) is 5.36. The molecule has 0 atom stereocenters. The van der Waals surface area contributed by atoms with Gasteiger partial charge in [0.05, 0.1) is 23.8 Å². The van der Waals surface area contributed by atoms with E-state index in [2.05, 4.69) is 32.5 Å². The van der Waals surface area contributed by atoms with Gasteiger partial charge < -0.3 is 20.4 Å². The summed E-state index contributed by atoms with van der Waals surface area (Å²) in [6, 6.07) is 5.99. The molecule has 0 bridgehead atoms. The van der Waals surface area contributed by atoms with Crippen LogP contribution in [0.3, 0.4) is 0 Å². The zero-order valence-electron chi connectivity index (χ0n) is 15.6. The lowest BCUT2D eigenvalue weighted by Crippen LogP contribution is -2.20. The molecule has 1 aromatic carbocycles. The number of rotatable bonds is 2. The number of hydrogen-bond acceptors (Lipinski definition) is 5. The SMILES string of the molecule is C/C(=C1/C(=O)Nc2ccc(-c3cnc4c(c3C)NCCO4)cc21)c1cnc[nH]1. The minimum atomic E-state index is -0.102. The van der Waals surface area contributed by atoms with Crippen LogP contribution in [0.5, 0.6) is 5.88 Å². The van der Waals surface area contributed by atoms with Crippen molar-refractivity contribution in [1.29, 1.82) is 0 Å². The number of hydrogen-bond donors (Lipinski definition) is 3. The molecule has 5 rings (SSSR count). The summed E-state index contributed by atoms with van der Waals surface area (Å²) in [4.78, 5) is 24.2. The lowest BCUT2D eigenvalue weighted by atomic mass is 9.95. The molecular formula is C21H19N5O2. The van der Waals surface area contributed by atoms with Crippen molar-refractivity contribution in [3.63, 3.8) is 0 Å². The molecule has 1 amide bonds. The number of fused-ring (bicyclic) bond motifs is 2. The van der Waals surface area contributed by atoms with Crippen LogP contribution in [0.2, 0.25) is 0 Å². The Balaban J connectivity index is 1.65. The highest BCUT2D eigenvalue weighted by Crippen LogP contribution is 2.41. The van der Waals surface area contributed by atoms with Gasteiger partial charge in [0.2, 0.25) is 5.88 Å². The van der Waals surface area contributed by atoms with Crippen LogP contribution in [-0.4, -0.2) is 34.0 Å². The van der Waals surface area contributed by atoms with Crippen LogP contribution in [0.25, 0.3) is 22.3 Å². The number of pyridine rings is 1. The molecule has 3 aromatic rings. The maximum atomic E-state index is 12.6. The number of aromatic nitrogens is 3. The van der Waals surface area contributed by atoms with Gasteiger partial charge in [0.1, 0.15) is 12.3 Å². The van der Waals surface area contributed by atoms with Crippen molar-refractivity contribution in [2.75, 3.05) is 23.8 Å². The number of ether oxygens (including phenoxy) is 1. The summed E-state index contributed by atoms with van der Waals surface area (Å²) < 4.78 is 5.63. The number of carbonyl (C=O) groups excluding carboxylic acids is 1. The van der Waals surface area contributed by atoms with Gasteiger partial charge in [0.15, 0.2) is 0 Å². The van der Waals surface area contributed by atoms with E-state index in [9.17, 15) is 4.79 Å². The molecule has 0 fully saturated rings. The molecule has 140 valence electrons. The smallest absolute Gasteiger partial charge is 0.256 e. The Kier molecular flexibility index (Phi) is 3.68. The third kappa shape index (κ3) is 2.47. The van der Waals surface area contributed by atoms with E-state index in [1.165, 1.54) is 0 Å². The van der Waals surface area contributed by atoms with Gasteiger partial charge in [-0.3, -0.25) is 4.79 Å². The van der Waals surface area contributed by atoms with Crippen LogP contribution in [0.1, 0.15) is 23.7 Å². The fraction of sp³-hybridized carbons (Fsp3) is 0.190. The summed E-state index contributed by atoms with van der Waals surface area (Å²) in [6.07, 6.45) is 5.17. The van der Waals surface area contributed by atoms with Gasteiger partial charge in [0.25, 0.3) is 5.91 Å². The largest absolute Gasteiger partial charge is 0.474 e. The van der Waals surface area contributed by atoms with E-state index in [1.807, 2.05) is 31.3 Å². The van der Waals surface area contributed by atoms with Crippen LogP contribution in [-0.2, 0) is 4.79 Å². The molecule has 0 unspecified atom stereocenters. The molecule has 2 aromatic heterocycles. The van der Waals surface area contributed by atoms with Gasteiger partial charge in [-0.2, -0.15) is 0 Å².